The van der Waals surface area contributed by atoms with Crippen LogP contribution >= 0.6 is 0 Å². The van der Waals surface area contributed by atoms with Gasteiger partial charge in [-0.15, -0.1) is 0 Å². The van der Waals surface area contributed by atoms with Gasteiger partial charge in [-0.3, -0.25) is 0 Å². The fourth-order valence-electron chi connectivity index (χ4n) is 2.21. The number of unbranched alkanes of at least 4 members (excludes halogenated alkanes) is 5. The van der Waals surface area contributed by atoms with E-state index in [-0.39, 0.29) is 11.5 Å². The van der Waals surface area contributed by atoms with E-state index in [1.54, 1.807) is 6.07 Å². The van der Waals surface area contributed by atoms with Gasteiger partial charge in [0, 0.05) is 13.2 Å². The van der Waals surface area contributed by atoms with Gasteiger partial charge in [0.2, 0.25) is 0 Å². The average molecular weight is 280 g/mol. The number of aryl methyl sites for hydroxylation is 1. The monoisotopic (exact) mass is 280 g/mol. The molecule has 2 N–H and O–H groups in total. The zero-order valence-electron chi connectivity index (χ0n) is 12.6. The normalized spacial score (nSPS) is 10.8. The van der Waals surface area contributed by atoms with Gasteiger partial charge in [-0.25, -0.2) is 0 Å². The van der Waals surface area contributed by atoms with E-state index >= 15 is 0 Å². The van der Waals surface area contributed by atoms with Crippen LogP contribution in [-0.4, -0.2) is 23.4 Å². The highest BCUT2D eigenvalue weighted by Crippen LogP contribution is 2.29. The van der Waals surface area contributed by atoms with Crippen molar-refractivity contribution in [2.45, 2.75) is 58.3 Å². The molecule has 0 radical (unpaired) electrons. The van der Waals surface area contributed by atoms with Crippen molar-refractivity contribution in [3.05, 3.63) is 23.8 Å². The minimum Gasteiger partial charge on any atom is -0.504 e. The third-order valence-electron chi connectivity index (χ3n) is 3.48. The predicted octanol–water partition coefficient (Wildman–Crippen LogP) is 4.41. The van der Waals surface area contributed by atoms with Gasteiger partial charge in [0.05, 0.1) is 0 Å². The maximum atomic E-state index is 9.67. The van der Waals surface area contributed by atoms with Crippen molar-refractivity contribution in [2.24, 2.45) is 0 Å². The molecule has 1 rings (SSSR count). The van der Waals surface area contributed by atoms with E-state index in [1.165, 1.54) is 31.7 Å². The Morgan fingerprint density at radius 2 is 1.60 bits per heavy atom. The lowest BCUT2D eigenvalue weighted by molar-refractivity contribution is 0.126. The molecule has 0 atom stereocenters. The molecule has 0 fully saturated rings. The predicted molar refractivity (Wildman–Crippen MR) is 82.3 cm³/mol. The summed E-state index contributed by atoms with van der Waals surface area (Å²) in [6.45, 7) is 3.93. The van der Waals surface area contributed by atoms with E-state index in [2.05, 4.69) is 6.92 Å². The number of hydrogen-bond donors (Lipinski definition) is 2. The van der Waals surface area contributed by atoms with E-state index < -0.39 is 0 Å². The number of benzene rings is 1. The summed E-state index contributed by atoms with van der Waals surface area (Å²) in [6.07, 6.45) is 8.97. The van der Waals surface area contributed by atoms with Crippen LogP contribution in [0.3, 0.4) is 0 Å². The molecule has 114 valence electrons. The zero-order chi connectivity index (χ0) is 14.6. The minimum atomic E-state index is -0.0297. The molecular formula is C17H28O3. The van der Waals surface area contributed by atoms with Gasteiger partial charge in [0.1, 0.15) is 0 Å². The first kappa shape index (κ1) is 16.8. The Labute approximate surface area is 122 Å². The van der Waals surface area contributed by atoms with E-state index in [0.717, 1.165) is 44.5 Å². The lowest BCUT2D eigenvalue weighted by Crippen LogP contribution is -1.97. The fraction of sp³-hybridized carbons (Fsp3) is 0.647. The Morgan fingerprint density at radius 1 is 0.900 bits per heavy atom. The van der Waals surface area contributed by atoms with Gasteiger partial charge >= 0.3 is 0 Å². The molecule has 20 heavy (non-hydrogen) atoms. The fourth-order valence-corrected chi connectivity index (χ4v) is 2.21. The van der Waals surface area contributed by atoms with Gasteiger partial charge in [0.15, 0.2) is 11.5 Å². The van der Waals surface area contributed by atoms with Gasteiger partial charge in [-0.05, 0) is 37.3 Å². The summed E-state index contributed by atoms with van der Waals surface area (Å²) in [5.41, 5.74) is 0.825. The number of phenols is 2. The highest BCUT2D eigenvalue weighted by molar-refractivity contribution is 5.44. The molecule has 3 heteroatoms. The van der Waals surface area contributed by atoms with Crippen LogP contribution < -0.4 is 0 Å². The summed E-state index contributed by atoms with van der Waals surface area (Å²) in [5, 5.41) is 19.1. The van der Waals surface area contributed by atoms with Gasteiger partial charge in [-0.2, -0.15) is 0 Å². The topological polar surface area (TPSA) is 49.7 Å². The van der Waals surface area contributed by atoms with Crippen LogP contribution in [0.15, 0.2) is 18.2 Å². The summed E-state index contributed by atoms with van der Waals surface area (Å²) >= 11 is 0. The number of aromatic hydroxyl groups is 2. The van der Waals surface area contributed by atoms with Crippen LogP contribution in [0.25, 0.3) is 0 Å². The molecule has 0 aliphatic carbocycles. The highest BCUT2D eigenvalue weighted by atomic mass is 16.5. The Bertz CT molecular complexity index is 363. The molecule has 0 amide bonds. The van der Waals surface area contributed by atoms with Crippen molar-refractivity contribution in [1.82, 2.24) is 0 Å². The molecule has 3 nitrogen and oxygen atoms in total. The molecule has 1 aromatic rings. The Morgan fingerprint density at radius 3 is 2.30 bits per heavy atom. The van der Waals surface area contributed by atoms with Gasteiger partial charge in [-0.1, -0.05) is 44.7 Å². The summed E-state index contributed by atoms with van der Waals surface area (Å²) < 4.78 is 5.59. The average Bonchev–Trinajstić information content (AvgIpc) is 2.45. The van der Waals surface area contributed by atoms with Crippen molar-refractivity contribution >= 4 is 0 Å². The largest absolute Gasteiger partial charge is 0.504 e. The van der Waals surface area contributed by atoms with E-state index in [9.17, 15) is 10.2 Å². The summed E-state index contributed by atoms with van der Waals surface area (Å²) in [7, 11) is 0. The molecule has 0 saturated carbocycles. The van der Waals surface area contributed by atoms with Crippen molar-refractivity contribution < 1.29 is 14.9 Å². The zero-order valence-corrected chi connectivity index (χ0v) is 12.6. The molecule has 0 spiro atoms. The number of ether oxygens (including phenoxy) is 1. The molecule has 1 aromatic carbocycles. The van der Waals surface area contributed by atoms with Crippen molar-refractivity contribution in [2.75, 3.05) is 13.2 Å². The Kier molecular flexibility index (Phi) is 8.88. The summed E-state index contributed by atoms with van der Waals surface area (Å²) in [5.74, 6) is -0.00223. The second kappa shape index (κ2) is 10.6. The van der Waals surface area contributed by atoms with E-state index in [0.29, 0.717) is 0 Å². The van der Waals surface area contributed by atoms with Gasteiger partial charge in [0.25, 0.3) is 0 Å². The standard InChI is InChI=1S/C17H28O3/c1-2-3-4-7-13-20-14-8-5-6-10-15-11-9-12-16(18)17(15)19/h9,11-12,18-19H,2-8,10,13-14H2,1H3. The summed E-state index contributed by atoms with van der Waals surface area (Å²) in [6, 6.07) is 5.13. The second-order valence-electron chi connectivity index (χ2n) is 5.27. The first-order valence-corrected chi connectivity index (χ1v) is 7.83. The van der Waals surface area contributed by atoms with E-state index in [1.807, 2.05) is 6.07 Å². The maximum Gasteiger partial charge on any atom is 0.160 e. The van der Waals surface area contributed by atoms with Crippen LogP contribution in [0.1, 0.15) is 57.4 Å². The first-order valence-electron chi connectivity index (χ1n) is 7.83. The number of rotatable bonds is 11. The maximum absolute atomic E-state index is 9.67. The van der Waals surface area contributed by atoms with E-state index in [4.69, 9.17) is 4.74 Å². The van der Waals surface area contributed by atoms with Crippen LogP contribution in [0.5, 0.6) is 11.5 Å². The molecular weight excluding hydrogens is 252 g/mol. The SMILES string of the molecule is CCCCCCOCCCCCc1cccc(O)c1O. The molecule has 0 bridgehead atoms. The summed E-state index contributed by atoms with van der Waals surface area (Å²) in [4.78, 5) is 0. The molecule has 0 aliphatic rings. The third-order valence-corrected chi connectivity index (χ3v) is 3.48. The lowest BCUT2D eigenvalue weighted by Gasteiger charge is -2.06. The number of hydrogen-bond acceptors (Lipinski definition) is 3. The van der Waals surface area contributed by atoms with Crippen molar-refractivity contribution in [3.63, 3.8) is 0 Å². The van der Waals surface area contributed by atoms with Crippen LogP contribution in [0, 0.1) is 0 Å². The molecule has 0 aliphatic heterocycles. The molecule has 0 heterocycles. The Hall–Kier alpha value is -1.22. The second-order valence-corrected chi connectivity index (χ2v) is 5.27. The van der Waals surface area contributed by atoms with Gasteiger partial charge < -0.3 is 14.9 Å². The van der Waals surface area contributed by atoms with Crippen LogP contribution in [0.2, 0.25) is 0 Å². The van der Waals surface area contributed by atoms with Crippen molar-refractivity contribution in [3.8, 4) is 11.5 Å². The van der Waals surface area contributed by atoms with Crippen LogP contribution in [-0.2, 0) is 11.2 Å². The smallest absolute Gasteiger partial charge is 0.160 e. The lowest BCUT2D eigenvalue weighted by atomic mass is 10.1. The number of phenolic OH excluding ortho intramolecular Hbond substituents is 2. The molecule has 0 saturated heterocycles. The molecule has 0 unspecified atom stereocenters. The minimum absolute atomic E-state index is 0.0275. The first-order chi connectivity index (χ1) is 9.75. The van der Waals surface area contributed by atoms with Crippen molar-refractivity contribution in [1.29, 1.82) is 0 Å². The molecule has 0 aromatic heterocycles. The third kappa shape index (κ3) is 6.80. The quantitative estimate of drug-likeness (QED) is 0.466. The Balaban J connectivity index is 1.98. The highest BCUT2D eigenvalue weighted by Gasteiger charge is 2.04. The van der Waals surface area contributed by atoms with Crippen LogP contribution in [0.4, 0.5) is 0 Å². The number of para-hydroxylation sites is 1.